The summed E-state index contributed by atoms with van der Waals surface area (Å²) >= 11 is 0. The van der Waals surface area contributed by atoms with Crippen LogP contribution in [0, 0.1) is 0 Å². The van der Waals surface area contributed by atoms with E-state index in [2.05, 4.69) is 180 Å². The molecule has 234 valence electrons. The molecule has 0 unspecified atom stereocenters. The SMILES string of the molecule is CCn1c2ccccc2c2cccc(-n3cc4ccc(-c5cc6cc7ccccc7cc6c6cc7cc8ccccc8cc7cc56)cc4c3)c21. The molecule has 0 bridgehead atoms. The molecule has 0 aliphatic rings. The van der Waals surface area contributed by atoms with Crippen LogP contribution in [0.2, 0.25) is 0 Å². The second kappa shape index (κ2) is 10.3. The van der Waals surface area contributed by atoms with Crippen molar-refractivity contribution in [3.63, 3.8) is 0 Å². The Morgan fingerprint density at radius 3 is 1.78 bits per heavy atom. The molecule has 2 aromatic heterocycles. The summed E-state index contributed by atoms with van der Waals surface area (Å²) in [5.74, 6) is 0. The van der Waals surface area contributed by atoms with Gasteiger partial charge in [0, 0.05) is 40.6 Å². The Kier molecular flexibility index (Phi) is 5.68. The topological polar surface area (TPSA) is 9.86 Å². The van der Waals surface area contributed by atoms with Gasteiger partial charge in [-0.05, 0) is 138 Å². The molecule has 0 aliphatic carbocycles. The molecule has 0 atom stereocenters. The molecule has 2 heteroatoms. The van der Waals surface area contributed by atoms with E-state index in [9.17, 15) is 0 Å². The molecule has 11 rings (SSSR count). The molecule has 11 aromatic rings. The van der Waals surface area contributed by atoms with E-state index < -0.39 is 0 Å². The predicted octanol–water partition coefficient (Wildman–Crippen LogP) is 13.2. The number of aromatic nitrogens is 2. The minimum atomic E-state index is 0.917. The molecule has 2 nitrogen and oxygen atoms in total. The van der Waals surface area contributed by atoms with Gasteiger partial charge in [0.2, 0.25) is 0 Å². The third-order valence-electron chi connectivity index (χ3n) is 11.0. The van der Waals surface area contributed by atoms with E-state index in [1.807, 2.05) is 0 Å². The van der Waals surface area contributed by atoms with Gasteiger partial charge in [-0.3, -0.25) is 0 Å². The van der Waals surface area contributed by atoms with Crippen molar-refractivity contribution in [1.29, 1.82) is 0 Å². The number of hydrogen-bond donors (Lipinski definition) is 0. The highest BCUT2D eigenvalue weighted by atomic mass is 15.0. The first kappa shape index (κ1) is 27.6. The van der Waals surface area contributed by atoms with Crippen molar-refractivity contribution in [2.75, 3.05) is 0 Å². The van der Waals surface area contributed by atoms with Gasteiger partial charge in [-0.25, -0.2) is 0 Å². The highest BCUT2D eigenvalue weighted by Crippen LogP contribution is 2.41. The number of rotatable bonds is 3. The smallest absolute Gasteiger partial charge is 0.0735 e. The average molecular weight is 637 g/mol. The summed E-state index contributed by atoms with van der Waals surface area (Å²) in [6, 6.07) is 56.5. The second-order valence-corrected chi connectivity index (χ2v) is 13.7. The lowest BCUT2D eigenvalue weighted by atomic mass is 9.89. The Bertz CT molecular complexity index is 3190. The average Bonchev–Trinajstić information content (AvgIpc) is 3.74. The molecule has 0 fully saturated rings. The normalized spacial score (nSPS) is 12.2. The Morgan fingerprint density at radius 2 is 1.02 bits per heavy atom. The van der Waals surface area contributed by atoms with Crippen LogP contribution in [-0.2, 0) is 6.54 Å². The van der Waals surface area contributed by atoms with Crippen molar-refractivity contribution in [3.8, 4) is 16.8 Å². The zero-order chi connectivity index (χ0) is 32.9. The monoisotopic (exact) mass is 636 g/mol. The van der Waals surface area contributed by atoms with Gasteiger partial charge in [0.05, 0.1) is 11.2 Å². The van der Waals surface area contributed by atoms with Gasteiger partial charge >= 0.3 is 0 Å². The maximum atomic E-state index is 2.45. The first-order valence-corrected chi connectivity index (χ1v) is 17.5. The lowest BCUT2D eigenvalue weighted by molar-refractivity contribution is 0.823. The minimum absolute atomic E-state index is 0.917. The Balaban J connectivity index is 1.16. The highest BCUT2D eigenvalue weighted by molar-refractivity contribution is 6.21. The third-order valence-corrected chi connectivity index (χ3v) is 11.0. The fourth-order valence-corrected chi connectivity index (χ4v) is 8.59. The predicted molar refractivity (Wildman–Crippen MR) is 215 cm³/mol. The van der Waals surface area contributed by atoms with E-state index in [1.54, 1.807) is 0 Å². The van der Waals surface area contributed by atoms with Crippen molar-refractivity contribution in [2.45, 2.75) is 13.5 Å². The first-order valence-electron chi connectivity index (χ1n) is 17.5. The van der Waals surface area contributed by atoms with Crippen LogP contribution in [0.3, 0.4) is 0 Å². The summed E-state index contributed by atoms with van der Waals surface area (Å²) in [6.45, 7) is 3.16. The quantitative estimate of drug-likeness (QED) is 0.135. The summed E-state index contributed by atoms with van der Waals surface area (Å²) in [6.07, 6.45) is 4.60. The molecule has 50 heavy (non-hydrogen) atoms. The first-order chi connectivity index (χ1) is 24.7. The van der Waals surface area contributed by atoms with E-state index in [0.29, 0.717) is 0 Å². The summed E-state index contributed by atoms with van der Waals surface area (Å²) < 4.78 is 4.78. The van der Waals surface area contributed by atoms with Crippen LogP contribution in [0.4, 0.5) is 0 Å². The number of para-hydroxylation sites is 2. The zero-order valence-electron chi connectivity index (χ0n) is 27.7. The lowest BCUT2D eigenvalue weighted by Gasteiger charge is -2.14. The number of hydrogen-bond acceptors (Lipinski definition) is 0. The fourth-order valence-electron chi connectivity index (χ4n) is 8.59. The maximum absolute atomic E-state index is 2.45. The van der Waals surface area contributed by atoms with Crippen LogP contribution in [-0.4, -0.2) is 9.13 Å². The number of fused-ring (bicyclic) bond motifs is 10. The van der Waals surface area contributed by atoms with Gasteiger partial charge < -0.3 is 9.13 Å². The van der Waals surface area contributed by atoms with Gasteiger partial charge in [0.25, 0.3) is 0 Å². The summed E-state index contributed by atoms with van der Waals surface area (Å²) in [4.78, 5) is 0. The molecule has 0 saturated carbocycles. The van der Waals surface area contributed by atoms with Crippen molar-refractivity contribution < 1.29 is 0 Å². The van der Waals surface area contributed by atoms with Gasteiger partial charge in [-0.2, -0.15) is 0 Å². The molecule has 0 amide bonds. The summed E-state index contributed by atoms with van der Waals surface area (Å²) in [5, 5.41) is 17.8. The van der Waals surface area contributed by atoms with Gasteiger partial charge in [0.1, 0.15) is 0 Å². The van der Waals surface area contributed by atoms with Gasteiger partial charge in [0.15, 0.2) is 0 Å². The summed E-state index contributed by atoms with van der Waals surface area (Å²) in [5.41, 5.74) is 6.27. The van der Waals surface area contributed by atoms with E-state index in [0.717, 1.165) is 6.54 Å². The third kappa shape index (κ3) is 3.96. The van der Waals surface area contributed by atoms with Crippen molar-refractivity contribution in [2.24, 2.45) is 0 Å². The molecular weight excluding hydrogens is 605 g/mol. The van der Waals surface area contributed by atoms with Crippen LogP contribution >= 0.6 is 0 Å². The van der Waals surface area contributed by atoms with Crippen molar-refractivity contribution in [1.82, 2.24) is 9.13 Å². The largest absolute Gasteiger partial charge is 0.339 e. The Labute approximate surface area is 289 Å². The molecular formula is C48H32N2. The number of benzene rings is 9. The molecule has 9 aromatic carbocycles. The van der Waals surface area contributed by atoms with Gasteiger partial charge in [-0.1, -0.05) is 91.0 Å². The number of nitrogens with zero attached hydrogens (tertiary/aromatic N) is 2. The van der Waals surface area contributed by atoms with Crippen LogP contribution in [0.5, 0.6) is 0 Å². The molecule has 2 heterocycles. The van der Waals surface area contributed by atoms with Crippen molar-refractivity contribution in [3.05, 3.63) is 164 Å². The highest BCUT2D eigenvalue weighted by Gasteiger charge is 2.16. The molecule has 0 saturated heterocycles. The molecule has 0 N–H and O–H groups in total. The lowest BCUT2D eigenvalue weighted by Crippen LogP contribution is -1.98. The van der Waals surface area contributed by atoms with Gasteiger partial charge in [-0.15, -0.1) is 0 Å². The zero-order valence-corrected chi connectivity index (χ0v) is 27.7. The maximum Gasteiger partial charge on any atom is 0.0735 e. The Morgan fingerprint density at radius 1 is 0.400 bits per heavy atom. The number of aryl methyl sites for hydroxylation is 1. The minimum Gasteiger partial charge on any atom is -0.339 e. The Hall–Kier alpha value is -6.38. The van der Waals surface area contributed by atoms with E-state index in [-0.39, 0.29) is 0 Å². The van der Waals surface area contributed by atoms with Crippen LogP contribution in [0.25, 0.3) is 103 Å². The molecule has 0 spiro atoms. The summed E-state index contributed by atoms with van der Waals surface area (Å²) in [7, 11) is 0. The second-order valence-electron chi connectivity index (χ2n) is 13.7. The fraction of sp³-hybridized carbons (Fsp3) is 0.0417. The molecule has 0 radical (unpaired) electrons. The van der Waals surface area contributed by atoms with Crippen LogP contribution in [0.1, 0.15) is 6.92 Å². The van der Waals surface area contributed by atoms with E-state index in [4.69, 9.17) is 0 Å². The van der Waals surface area contributed by atoms with Crippen molar-refractivity contribution >= 4 is 86.4 Å². The molecule has 0 aliphatic heterocycles. The van der Waals surface area contributed by atoms with Crippen LogP contribution in [0.15, 0.2) is 164 Å². The van der Waals surface area contributed by atoms with Crippen LogP contribution < -0.4 is 0 Å². The van der Waals surface area contributed by atoms with E-state index in [1.165, 1.54) is 103 Å². The van der Waals surface area contributed by atoms with E-state index >= 15 is 0 Å². The standard InChI is InChI=1S/C48H32N2/c1-2-50-46-16-8-7-14-40(46)41-15-9-17-47(48(41)50)49-28-35-19-18-34(23-39(35)29-49)42-27-38-22-32-12-5-6-13-33(32)24-43(38)45-26-37-21-31-11-4-3-10-30(31)20-36(37)25-44(42)45/h3-29H,2H2,1H3.